The number of carbonyl (C=O) groups is 2. The van der Waals surface area contributed by atoms with Crippen LogP contribution in [0.25, 0.3) is 0 Å². The number of carbonyl (C=O) groups excluding carboxylic acids is 2. The van der Waals surface area contributed by atoms with Gasteiger partial charge in [-0.2, -0.15) is 4.31 Å². The number of methoxy groups -OCH3 is 1. The predicted molar refractivity (Wildman–Crippen MR) is 104 cm³/mol. The molecule has 1 amide bonds. The third-order valence-corrected chi connectivity index (χ3v) is 6.47. The Morgan fingerprint density at radius 2 is 1.81 bits per heavy atom. The Balaban J connectivity index is 2.71. The Morgan fingerprint density at radius 1 is 1.15 bits per heavy atom. The number of amides is 1. The van der Waals surface area contributed by atoms with Crippen LogP contribution in [-0.2, 0) is 19.6 Å². The summed E-state index contributed by atoms with van der Waals surface area (Å²) < 4.78 is 31.1. The normalized spacial score (nSPS) is 11.4. The molecule has 0 saturated carbocycles. The minimum Gasteiger partial charge on any atom is -0.469 e. The number of unbranched alkanes of at least 4 members (excludes halogenated alkanes) is 2. The molecule has 0 unspecified atom stereocenters. The average Bonchev–Trinajstić information content (AvgIpc) is 2.64. The molecule has 0 aromatic heterocycles. The van der Waals surface area contributed by atoms with Crippen LogP contribution in [0.4, 0.5) is 0 Å². The van der Waals surface area contributed by atoms with Crippen molar-refractivity contribution in [2.24, 2.45) is 0 Å². The number of rotatable bonds is 11. The number of halogens is 1. The van der Waals surface area contributed by atoms with Crippen LogP contribution < -0.4 is 5.32 Å². The van der Waals surface area contributed by atoms with E-state index in [0.29, 0.717) is 38.9 Å². The van der Waals surface area contributed by atoms with E-state index < -0.39 is 15.9 Å². The van der Waals surface area contributed by atoms with Crippen LogP contribution in [0.1, 0.15) is 49.9 Å². The van der Waals surface area contributed by atoms with E-state index >= 15 is 0 Å². The highest BCUT2D eigenvalue weighted by molar-refractivity contribution is 7.89. The van der Waals surface area contributed by atoms with Crippen molar-refractivity contribution in [3.8, 4) is 0 Å². The molecule has 0 atom stereocenters. The third-order valence-electron chi connectivity index (χ3n) is 4.10. The molecule has 0 radical (unpaired) electrons. The molecule has 0 heterocycles. The van der Waals surface area contributed by atoms with Crippen LogP contribution in [0.15, 0.2) is 23.1 Å². The monoisotopic (exact) mass is 418 g/mol. The van der Waals surface area contributed by atoms with Crippen LogP contribution >= 0.6 is 11.6 Å². The van der Waals surface area contributed by atoms with E-state index in [4.69, 9.17) is 11.6 Å². The molecule has 0 aliphatic rings. The first-order valence-electron chi connectivity index (χ1n) is 8.92. The van der Waals surface area contributed by atoms with Crippen molar-refractivity contribution in [2.45, 2.75) is 44.4 Å². The molecule has 152 valence electrons. The molecule has 0 spiro atoms. The lowest BCUT2D eigenvalue weighted by molar-refractivity contribution is -0.140. The van der Waals surface area contributed by atoms with Crippen molar-refractivity contribution in [1.82, 2.24) is 9.62 Å². The van der Waals surface area contributed by atoms with Gasteiger partial charge in [0.15, 0.2) is 0 Å². The number of hydrogen-bond donors (Lipinski definition) is 1. The molecule has 7 nitrogen and oxygen atoms in total. The summed E-state index contributed by atoms with van der Waals surface area (Å²) in [7, 11) is -2.32. The summed E-state index contributed by atoms with van der Waals surface area (Å²) in [5, 5.41) is 2.92. The smallest absolute Gasteiger partial charge is 0.305 e. The number of esters is 1. The molecule has 0 fully saturated rings. The molecule has 9 heteroatoms. The largest absolute Gasteiger partial charge is 0.469 e. The maximum Gasteiger partial charge on any atom is 0.305 e. The summed E-state index contributed by atoms with van der Waals surface area (Å²) in [6, 6.07) is 4.13. The van der Waals surface area contributed by atoms with Gasteiger partial charge in [0, 0.05) is 26.1 Å². The number of benzene rings is 1. The van der Waals surface area contributed by atoms with Crippen LogP contribution in [0.2, 0.25) is 5.02 Å². The van der Waals surface area contributed by atoms with E-state index in [1.807, 2.05) is 0 Å². The molecule has 27 heavy (non-hydrogen) atoms. The minimum absolute atomic E-state index is 0.0406. The fourth-order valence-electron chi connectivity index (χ4n) is 2.52. The topological polar surface area (TPSA) is 92.8 Å². The number of nitrogens with zero attached hydrogens (tertiary/aromatic N) is 1. The first-order valence-corrected chi connectivity index (χ1v) is 10.7. The number of hydrogen-bond acceptors (Lipinski definition) is 5. The lowest BCUT2D eigenvalue weighted by atomic mass is 10.2. The Hall–Kier alpha value is -1.64. The maximum absolute atomic E-state index is 12.6. The summed E-state index contributed by atoms with van der Waals surface area (Å²) in [6.45, 7) is 4.60. The van der Waals surface area contributed by atoms with Gasteiger partial charge in [-0.25, -0.2) is 8.42 Å². The van der Waals surface area contributed by atoms with Crippen LogP contribution in [0.5, 0.6) is 0 Å². The second-order valence-corrected chi connectivity index (χ2v) is 8.22. The van der Waals surface area contributed by atoms with Crippen molar-refractivity contribution in [3.63, 3.8) is 0 Å². The van der Waals surface area contributed by atoms with Crippen LogP contribution in [0.3, 0.4) is 0 Å². The van der Waals surface area contributed by atoms with Gasteiger partial charge in [0.2, 0.25) is 10.0 Å². The van der Waals surface area contributed by atoms with E-state index in [1.54, 1.807) is 13.8 Å². The van der Waals surface area contributed by atoms with Crippen LogP contribution in [0, 0.1) is 0 Å². The fourth-order valence-corrected chi connectivity index (χ4v) is 4.21. The first kappa shape index (κ1) is 23.4. The summed E-state index contributed by atoms with van der Waals surface area (Å²) in [5.74, 6) is -0.679. The Kier molecular flexibility index (Phi) is 9.76. The molecule has 1 rings (SSSR count). The van der Waals surface area contributed by atoms with Gasteiger partial charge in [-0.3, -0.25) is 9.59 Å². The molecule has 1 aromatic rings. The Bertz CT molecular complexity index is 748. The van der Waals surface area contributed by atoms with E-state index in [-0.39, 0.29) is 21.5 Å². The van der Waals surface area contributed by atoms with Crippen molar-refractivity contribution in [3.05, 3.63) is 28.8 Å². The summed E-state index contributed by atoms with van der Waals surface area (Å²) in [5.41, 5.74) is 0.124. The van der Waals surface area contributed by atoms with E-state index in [2.05, 4.69) is 10.1 Å². The third kappa shape index (κ3) is 6.79. The number of nitrogens with one attached hydrogen (secondary N) is 1. The zero-order valence-corrected chi connectivity index (χ0v) is 17.5. The first-order chi connectivity index (χ1) is 12.8. The van der Waals surface area contributed by atoms with Gasteiger partial charge in [-0.15, -0.1) is 0 Å². The predicted octanol–water partition coefficient (Wildman–Crippen LogP) is 2.83. The molecular formula is C18H27ClN2O5S. The molecule has 0 aliphatic carbocycles. The SMILES string of the molecule is CCN(CC)S(=O)(=O)c1ccc(Cl)c(C(=O)NCCCCCC(=O)OC)c1. The van der Waals surface area contributed by atoms with Crippen molar-refractivity contribution in [2.75, 3.05) is 26.7 Å². The van der Waals surface area contributed by atoms with E-state index in [0.717, 1.165) is 6.42 Å². The number of ether oxygens (including phenoxy) is 1. The molecular weight excluding hydrogens is 392 g/mol. The number of sulfonamides is 1. The van der Waals surface area contributed by atoms with Gasteiger partial charge in [0.1, 0.15) is 0 Å². The Labute approximate surface area is 166 Å². The molecule has 0 bridgehead atoms. The lowest BCUT2D eigenvalue weighted by Gasteiger charge is -2.19. The van der Waals surface area contributed by atoms with Gasteiger partial charge >= 0.3 is 5.97 Å². The van der Waals surface area contributed by atoms with Gasteiger partial charge in [-0.1, -0.05) is 31.9 Å². The minimum atomic E-state index is -3.67. The fraction of sp³-hybridized carbons (Fsp3) is 0.556. The molecule has 0 aliphatic heterocycles. The average molecular weight is 419 g/mol. The molecule has 1 N–H and O–H groups in total. The second kappa shape index (κ2) is 11.3. The maximum atomic E-state index is 12.6. The molecule has 1 aromatic carbocycles. The highest BCUT2D eigenvalue weighted by Gasteiger charge is 2.23. The summed E-state index contributed by atoms with van der Waals surface area (Å²) >= 11 is 6.08. The van der Waals surface area contributed by atoms with Crippen molar-refractivity contribution >= 4 is 33.5 Å². The van der Waals surface area contributed by atoms with Crippen LogP contribution in [-0.4, -0.2) is 51.3 Å². The Morgan fingerprint density at radius 3 is 2.41 bits per heavy atom. The zero-order valence-electron chi connectivity index (χ0n) is 16.0. The van der Waals surface area contributed by atoms with E-state index in [1.165, 1.54) is 29.6 Å². The quantitative estimate of drug-likeness (QED) is 0.440. The van der Waals surface area contributed by atoms with E-state index in [9.17, 15) is 18.0 Å². The molecule has 0 saturated heterocycles. The zero-order chi connectivity index (χ0) is 20.4. The summed E-state index contributed by atoms with van der Waals surface area (Å²) in [6.07, 6.45) is 2.49. The van der Waals surface area contributed by atoms with Crippen molar-refractivity contribution < 1.29 is 22.7 Å². The summed E-state index contributed by atoms with van der Waals surface area (Å²) in [4.78, 5) is 23.4. The lowest BCUT2D eigenvalue weighted by Crippen LogP contribution is -2.31. The second-order valence-electron chi connectivity index (χ2n) is 5.87. The van der Waals surface area contributed by atoms with Gasteiger partial charge in [0.05, 0.1) is 22.6 Å². The highest BCUT2D eigenvalue weighted by atomic mass is 35.5. The van der Waals surface area contributed by atoms with Gasteiger partial charge in [-0.05, 0) is 31.0 Å². The standard InChI is InChI=1S/C18H27ClN2O5S/c1-4-21(5-2)27(24,25)14-10-11-16(19)15(13-14)18(23)20-12-8-6-7-9-17(22)26-3/h10-11,13H,4-9,12H2,1-3H3,(H,20,23). The highest BCUT2D eigenvalue weighted by Crippen LogP contribution is 2.23. The van der Waals surface area contributed by atoms with Crippen molar-refractivity contribution in [1.29, 1.82) is 0 Å². The van der Waals surface area contributed by atoms with Gasteiger partial charge < -0.3 is 10.1 Å². The van der Waals surface area contributed by atoms with Gasteiger partial charge in [0.25, 0.3) is 5.91 Å².